The molecule has 0 aliphatic rings. The van der Waals surface area contributed by atoms with E-state index in [0.717, 1.165) is 0 Å². The molecule has 1 aromatic rings. The Morgan fingerprint density at radius 1 is 1.31 bits per heavy atom. The fourth-order valence-corrected chi connectivity index (χ4v) is 2.24. The third-order valence-corrected chi connectivity index (χ3v) is 3.96. The lowest BCUT2D eigenvalue weighted by atomic mass is 10.3. The largest absolute Gasteiger partial charge is 0.397 e. The van der Waals surface area contributed by atoms with Crippen LogP contribution in [0.2, 0.25) is 0 Å². The minimum absolute atomic E-state index is 0.109. The highest BCUT2D eigenvalue weighted by Crippen LogP contribution is 2.19. The highest BCUT2D eigenvalue weighted by Gasteiger charge is 2.20. The Hall–Kier alpha value is -1.27. The number of hydrogen-bond donors (Lipinski definition) is 2. The van der Waals surface area contributed by atoms with E-state index >= 15 is 0 Å². The monoisotopic (exact) mass is 243 g/mol. The number of nitrogen functional groups attached to an aromatic ring is 1. The van der Waals surface area contributed by atoms with Crippen LogP contribution in [0.4, 0.5) is 11.4 Å². The molecule has 0 aliphatic heterocycles. The Bertz CT molecular complexity index is 457. The Morgan fingerprint density at radius 3 is 2.38 bits per heavy atom. The Morgan fingerprint density at radius 2 is 1.88 bits per heavy atom. The molecule has 0 aliphatic carbocycles. The van der Waals surface area contributed by atoms with Gasteiger partial charge in [-0.25, -0.2) is 0 Å². The summed E-state index contributed by atoms with van der Waals surface area (Å²) in [6.07, 6.45) is 0. The van der Waals surface area contributed by atoms with E-state index in [4.69, 9.17) is 5.73 Å². The van der Waals surface area contributed by atoms with Crippen LogP contribution in [0.5, 0.6) is 0 Å². The molecule has 0 amide bonds. The highest BCUT2D eigenvalue weighted by atomic mass is 32.2. The number of rotatable bonds is 4. The standard InChI is InChI=1S/C10H17N3O2S/c1-8(2)13(3)16(14,15)12-10-7-5-4-6-9(10)11/h4-8,12H,11H2,1-3H3. The summed E-state index contributed by atoms with van der Waals surface area (Å²) in [6.45, 7) is 3.60. The van der Waals surface area contributed by atoms with Gasteiger partial charge in [-0.3, -0.25) is 4.72 Å². The Kier molecular flexibility index (Phi) is 3.77. The fourth-order valence-electron chi connectivity index (χ4n) is 1.08. The summed E-state index contributed by atoms with van der Waals surface area (Å²) >= 11 is 0. The first-order valence-corrected chi connectivity index (χ1v) is 6.39. The highest BCUT2D eigenvalue weighted by molar-refractivity contribution is 7.90. The number of benzene rings is 1. The SMILES string of the molecule is CC(C)N(C)S(=O)(=O)Nc1ccccc1N. The lowest BCUT2D eigenvalue weighted by molar-refractivity contribution is 0.414. The summed E-state index contributed by atoms with van der Waals surface area (Å²) in [5.74, 6) is 0. The number of nitrogens with zero attached hydrogens (tertiary/aromatic N) is 1. The van der Waals surface area contributed by atoms with E-state index in [9.17, 15) is 8.42 Å². The first kappa shape index (κ1) is 12.8. The zero-order valence-corrected chi connectivity index (χ0v) is 10.5. The minimum Gasteiger partial charge on any atom is -0.397 e. The molecule has 3 N–H and O–H groups in total. The molecule has 5 nitrogen and oxygen atoms in total. The fraction of sp³-hybridized carbons (Fsp3) is 0.400. The number of para-hydroxylation sites is 2. The van der Waals surface area contributed by atoms with E-state index in [1.165, 1.54) is 11.4 Å². The molecule has 0 radical (unpaired) electrons. The van der Waals surface area contributed by atoms with Crippen molar-refractivity contribution in [1.82, 2.24) is 4.31 Å². The lowest BCUT2D eigenvalue weighted by Gasteiger charge is -2.22. The summed E-state index contributed by atoms with van der Waals surface area (Å²) in [6, 6.07) is 6.64. The molecule has 6 heteroatoms. The molecule has 0 spiro atoms. The molecule has 0 fully saturated rings. The van der Waals surface area contributed by atoms with Gasteiger partial charge in [0.25, 0.3) is 0 Å². The molecule has 0 saturated carbocycles. The van der Waals surface area contributed by atoms with Gasteiger partial charge in [-0.05, 0) is 26.0 Å². The van der Waals surface area contributed by atoms with Gasteiger partial charge in [-0.15, -0.1) is 0 Å². The Labute approximate surface area is 96.4 Å². The summed E-state index contributed by atoms with van der Waals surface area (Å²) in [7, 11) is -2.01. The summed E-state index contributed by atoms with van der Waals surface area (Å²) in [5.41, 5.74) is 6.46. The van der Waals surface area contributed by atoms with Gasteiger partial charge in [-0.2, -0.15) is 12.7 Å². The van der Waals surface area contributed by atoms with Crippen LogP contribution in [-0.2, 0) is 10.2 Å². The predicted molar refractivity (Wildman–Crippen MR) is 66.3 cm³/mol. The van der Waals surface area contributed by atoms with Gasteiger partial charge in [-0.1, -0.05) is 12.1 Å². The van der Waals surface area contributed by atoms with Crippen molar-refractivity contribution in [3.8, 4) is 0 Å². The van der Waals surface area contributed by atoms with Crippen molar-refractivity contribution in [1.29, 1.82) is 0 Å². The van der Waals surface area contributed by atoms with Crippen LogP contribution in [0.1, 0.15) is 13.8 Å². The van der Waals surface area contributed by atoms with Crippen LogP contribution in [0.3, 0.4) is 0 Å². The van der Waals surface area contributed by atoms with Crippen molar-refractivity contribution in [2.24, 2.45) is 0 Å². The van der Waals surface area contributed by atoms with Crippen LogP contribution >= 0.6 is 0 Å². The van der Waals surface area contributed by atoms with Crippen molar-refractivity contribution in [3.05, 3.63) is 24.3 Å². The second-order valence-electron chi connectivity index (χ2n) is 3.80. The summed E-state index contributed by atoms with van der Waals surface area (Å²) < 4.78 is 27.4. The van der Waals surface area contributed by atoms with Crippen LogP contribution in [-0.4, -0.2) is 25.8 Å². The smallest absolute Gasteiger partial charge is 0.301 e. The van der Waals surface area contributed by atoms with Crippen molar-refractivity contribution >= 4 is 21.6 Å². The minimum atomic E-state index is -3.53. The molecular formula is C10H17N3O2S. The van der Waals surface area contributed by atoms with E-state index in [1.807, 2.05) is 0 Å². The maximum atomic E-state index is 11.9. The van der Waals surface area contributed by atoms with Gasteiger partial charge in [0, 0.05) is 13.1 Å². The van der Waals surface area contributed by atoms with Crippen LogP contribution < -0.4 is 10.5 Å². The third kappa shape index (κ3) is 2.86. The van der Waals surface area contributed by atoms with E-state index in [0.29, 0.717) is 11.4 Å². The van der Waals surface area contributed by atoms with Gasteiger partial charge in [0.1, 0.15) is 0 Å². The van der Waals surface area contributed by atoms with E-state index in [-0.39, 0.29) is 6.04 Å². The quantitative estimate of drug-likeness (QED) is 0.782. The van der Waals surface area contributed by atoms with Gasteiger partial charge < -0.3 is 5.73 Å². The first-order valence-electron chi connectivity index (χ1n) is 4.95. The van der Waals surface area contributed by atoms with Crippen molar-refractivity contribution in [2.75, 3.05) is 17.5 Å². The molecule has 1 rings (SSSR count). The average molecular weight is 243 g/mol. The maximum Gasteiger partial charge on any atom is 0.301 e. The lowest BCUT2D eigenvalue weighted by Crippen LogP contribution is -2.37. The van der Waals surface area contributed by atoms with Crippen molar-refractivity contribution in [3.63, 3.8) is 0 Å². The molecule has 0 aromatic heterocycles. The number of nitrogens with one attached hydrogen (secondary N) is 1. The van der Waals surface area contributed by atoms with Crippen LogP contribution in [0.25, 0.3) is 0 Å². The van der Waals surface area contributed by atoms with Crippen molar-refractivity contribution in [2.45, 2.75) is 19.9 Å². The molecule has 0 heterocycles. The van der Waals surface area contributed by atoms with E-state index in [1.54, 1.807) is 38.1 Å². The maximum absolute atomic E-state index is 11.9. The molecular weight excluding hydrogens is 226 g/mol. The van der Waals surface area contributed by atoms with Crippen molar-refractivity contribution < 1.29 is 8.42 Å². The third-order valence-electron chi connectivity index (χ3n) is 2.31. The Balaban J connectivity index is 2.94. The van der Waals surface area contributed by atoms with Crippen LogP contribution in [0.15, 0.2) is 24.3 Å². The molecule has 0 bridgehead atoms. The van der Waals surface area contributed by atoms with E-state index in [2.05, 4.69) is 4.72 Å². The zero-order valence-electron chi connectivity index (χ0n) is 9.64. The number of hydrogen-bond acceptors (Lipinski definition) is 3. The first-order chi connectivity index (χ1) is 7.34. The molecule has 90 valence electrons. The van der Waals surface area contributed by atoms with Gasteiger partial charge in [0.2, 0.25) is 0 Å². The second kappa shape index (κ2) is 4.71. The molecule has 0 atom stereocenters. The molecule has 1 aromatic carbocycles. The number of nitrogens with two attached hydrogens (primary N) is 1. The normalized spacial score (nSPS) is 12.1. The average Bonchev–Trinajstić information content (AvgIpc) is 2.20. The topological polar surface area (TPSA) is 75.4 Å². The zero-order chi connectivity index (χ0) is 12.3. The molecule has 16 heavy (non-hydrogen) atoms. The van der Waals surface area contributed by atoms with Crippen LogP contribution in [0, 0.1) is 0 Å². The van der Waals surface area contributed by atoms with Gasteiger partial charge in [0.05, 0.1) is 11.4 Å². The number of anilines is 2. The second-order valence-corrected chi connectivity index (χ2v) is 5.53. The van der Waals surface area contributed by atoms with Gasteiger partial charge >= 0.3 is 10.2 Å². The molecule has 0 saturated heterocycles. The summed E-state index contributed by atoms with van der Waals surface area (Å²) in [5, 5.41) is 0. The summed E-state index contributed by atoms with van der Waals surface area (Å²) in [4.78, 5) is 0. The van der Waals surface area contributed by atoms with Gasteiger partial charge in [0.15, 0.2) is 0 Å². The predicted octanol–water partition coefficient (Wildman–Crippen LogP) is 1.27. The molecule has 0 unspecified atom stereocenters. The van der Waals surface area contributed by atoms with E-state index < -0.39 is 10.2 Å².